The molecule has 1 aliphatic rings. The largest absolute Gasteiger partial charge is 0.451 e. The van der Waals surface area contributed by atoms with Crippen LogP contribution >= 0.6 is 58.6 Å². The van der Waals surface area contributed by atoms with E-state index < -0.39 is 5.91 Å². The Kier molecular flexibility index (Phi) is 9.20. The van der Waals surface area contributed by atoms with Crippen molar-refractivity contribution in [3.05, 3.63) is 104 Å². The number of anilines is 2. The maximum absolute atomic E-state index is 12.7. The lowest BCUT2D eigenvalue weighted by atomic mass is 10.2. The van der Waals surface area contributed by atoms with Crippen LogP contribution in [-0.2, 0) is 6.54 Å². The summed E-state index contributed by atoms with van der Waals surface area (Å²) in [6.45, 7) is 4.31. The van der Waals surface area contributed by atoms with Crippen molar-refractivity contribution in [2.45, 2.75) is 6.54 Å². The molecule has 206 valence electrons. The summed E-state index contributed by atoms with van der Waals surface area (Å²) in [5.41, 5.74) is 3.44. The van der Waals surface area contributed by atoms with Gasteiger partial charge in [-0.2, -0.15) is 0 Å². The molecule has 1 amide bonds. The Bertz CT molecular complexity index is 1550. The Morgan fingerprint density at radius 1 is 0.825 bits per heavy atom. The van der Waals surface area contributed by atoms with Gasteiger partial charge in [0, 0.05) is 49.0 Å². The lowest BCUT2D eigenvalue weighted by Crippen LogP contribution is -2.46. The molecule has 1 aliphatic heterocycles. The zero-order valence-corrected chi connectivity index (χ0v) is 24.9. The highest BCUT2D eigenvalue weighted by Gasteiger charge is 2.20. The molecule has 0 radical (unpaired) electrons. The third-order valence-electron chi connectivity index (χ3n) is 6.53. The summed E-state index contributed by atoms with van der Waals surface area (Å²) in [5, 5.41) is 7.98. The van der Waals surface area contributed by atoms with Gasteiger partial charge in [-0.1, -0.05) is 64.6 Å². The molecule has 2 heterocycles. The zero-order chi connectivity index (χ0) is 28.2. The Hall–Kier alpha value is -2.78. The van der Waals surface area contributed by atoms with E-state index in [1.165, 1.54) is 0 Å². The van der Waals surface area contributed by atoms with Crippen molar-refractivity contribution < 1.29 is 9.21 Å². The molecular formula is C29H24Cl4N4O2S. The normalized spacial score (nSPS) is 13.8. The van der Waals surface area contributed by atoms with Crippen LogP contribution in [0.25, 0.3) is 11.3 Å². The number of nitrogens with zero attached hydrogens (tertiary/aromatic N) is 2. The second-order valence-electron chi connectivity index (χ2n) is 9.22. The van der Waals surface area contributed by atoms with Gasteiger partial charge in [-0.25, -0.2) is 0 Å². The zero-order valence-electron chi connectivity index (χ0n) is 21.1. The van der Waals surface area contributed by atoms with Gasteiger partial charge in [0.2, 0.25) is 0 Å². The van der Waals surface area contributed by atoms with Gasteiger partial charge in [-0.05, 0) is 72.4 Å². The van der Waals surface area contributed by atoms with E-state index in [0.29, 0.717) is 32.1 Å². The molecule has 1 aromatic heterocycles. The molecule has 2 N–H and O–H groups in total. The lowest BCUT2D eigenvalue weighted by molar-refractivity contribution is 0.0951. The van der Waals surface area contributed by atoms with Crippen LogP contribution in [0.3, 0.4) is 0 Å². The first-order valence-corrected chi connectivity index (χ1v) is 14.4. The smallest absolute Gasteiger partial charge is 0.293 e. The number of thiocarbonyl (C=S) groups is 1. The van der Waals surface area contributed by atoms with Crippen molar-refractivity contribution in [1.29, 1.82) is 0 Å². The topological polar surface area (TPSA) is 60.8 Å². The molecule has 0 atom stereocenters. The van der Waals surface area contributed by atoms with Gasteiger partial charge in [0.15, 0.2) is 10.9 Å². The molecule has 40 heavy (non-hydrogen) atoms. The van der Waals surface area contributed by atoms with Gasteiger partial charge in [-0.15, -0.1) is 0 Å². The van der Waals surface area contributed by atoms with E-state index in [1.54, 1.807) is 36.4 Å². The SMILES string of the molecule is O=C(NC(=S)Nc1ccc(N2CCN(Cc3ccccc3Cl)CC2)c(Cl)c1)c1ccc(-c2ccc(Cl)c(Cl)c2)o1. The average molecular weight is 634 g/mol. The highest BCUT2D eigenvalue weighted by molar-refractivity contribution is 7.80. The van der Waals surface area contributed by atoms with Gasteiger partial charge >= 0.3 is 0 Å². The van der Waals surface area contributed by atoms with Crippen LogP contribution in [0.15, 0.2) is 77.2 Å². The number of hydrogen-bond donors (Lipinski definition) is 2. The summed E-state index contributed by atoms with van der Waals surface area (Å²) in [5.74, 6) is 0.100. The summed E-state index contributed by atoms with van der Waals surface area (Å²) in [4.78, 5) is 17.3. The molecule has 1 saturated heterocycles. The first-order valence-electron chi connectivity index (χ1n) is 12.4. The van der Waals surface area contributed by atoms with Crippen LogP contribution < -0.4 is 15.5 Å². The van der Waals surface area contributed by atoms with E-state index in [-0.39, 0.29) is 10.9 Å². The van der Waals surface area contributed by atoms with Crippen LogP contribution in [-0.4, -0.2) is 42.1 Å². The molecule has 11 heteroatoms. The van der Waals surface area contributed by atoms with Crippen molar-refractivity contribution in [2.75, 3.05) is 36.4 Å². The number of furan rings is 1. The van der Waals surface area contributed by atoms with Crippen molar-refractivity contribution in [2.24, 2.45) is 0 Å². The van der Waals surface area contributed by atoms with E-state index in [1.807, 2.05) is 30.3 Å². The summed E-state index contributed by atoms with van der Waals surface area (Å²) in [7, 11) is 0. The quantitative estimate of drug-likeness (QED) is 0.210. The Morgan fingerprint density at radius 2 is 1.60 bits per heavy atom. The first kappa shape index (κ1) is 28.7. The predicted molar refractivity (Wildman–Crippen MR) is 168 cm³/mol. The van der Waals surface area contributed by atoms with E-state index in [0.717, 1.165) is 49.0 Å². The van der Waals surface area contributed by atoms with E-state index >= 15 is 0 Å². The summed E-state index contributed by atoms with van der Waals surface area (Å²) < 4.78 is 5.69. The maximum Gasteiger partial charge on any atom is 0.293 e. The molecule has 0 aliphatic carbocycles. The number of halogens is 4. The number of carbonyl (C=O) groups is 1. The van der Waals surface area contributed by atoms with Crippen molar-refractivity contribution in [3.63, 3.8) is 0 Å². The monoisotopic (exact) mass is 632 g/mol. The molecule has 0 spiro atoms. The van der Waals surface area contributed by atoms with Gasteiger partial charge in [-0.3, -0.25) is 15.0 Å². The predicted octanol–water partition coefficient (Wildman–Crippen LogP) is 8.01. The number of benzene rings is 3. The molecule has 5 rings (SSSR count). The van der Waals surface area contributed by atoms with Crippen LogP contribution in [0.2, 0.25) is 20.1 Å². The van der Waals surface area contributed by atoms with Gasteiger partial charge < -0.3 is 14.6 Å². The fraction of sp³-hybridized carbons (Fsp3) is 0.172. The minimum absolute atomic E-state index is 0.104. The minimum atomic E-state index is -0.485. The third-order valence-corrected chi connectivity index (χ3v) is 8.15. The molecule has 0 saturated carbocycles. The highest BCUT2D eigenvalue weighted by Crippen LogP contribution is 2.31. The molecular weight excluding hydrogens is 610 g/mol. The van der Waals surface area contributed by atoms with Gasteiger partial charge in [0.05, 0.1) is 20.8 Å². The number of hydrogen-bond acceptors (Lipinski definition) is 5. The van der Waals surface area contributed by atoms with Crippen molar-refractivity contribution in [1.82, 2.24) is 10.2 Å². The molecule has 0 bridgehead atoms. The van der Waals surface area contributed by atoms with Crippen molar-refractivity contribution >= 4 is 81.0 Å². The second kappa shape index (κ2) is 12.8. The summed E-state index contributed by atoms with van der Waals surface area (Å²) in [6.07, 6.45) is 0. The third kappa shape index (κ3) is 6.92. The van der Waals surface area contributed by atoms with Crippen LogP contribution in [0.5, 0.6) is 0 Å². The van der Waals surface area contributed by atoms with Gasteiger partial charge in [0.1, 0.15) is 5.76 Å². The molecule has 1 fully saturated rings. The Balaban J connectivity index is 1.14. The summed E-state index contributed by atoms with van der Waals surface area (Å²) >= 11 is 30.4. The highest BCUT2D eigenvalue weighted by atomic mass is 35.5. The number of carbonyl (C=O) groups excluding carboxylic acids is 1. The van der Waals surface area contributed by atoms with Crippen LogP contribution in [0, 0.1) is 0 Å². The Labute approximate surface area is 257 Å². The summed E-state index contributed by atoms with van der Waals surface area (Å²) in [6, 6.07) is 21.9. The second-order valence-corrected chi connectivity index (χ2v) is 11.3. The molecule has 4 aromatic rings. The number of nitrogens with one attached hydrogen (secondary N) is 2. The first-order chi connectivity index (χ1) is 19.3. The standard InChI is InChI=1S/C29H24Cl4N4O2S/c30-21-4-2-1-3-19(21)17-36-11-13-37(14-12-36)25-8-6-20(16-24(25)33)34-29(40)35-28(38)27-10-9-26(39-27)18-5-7-22(31)23(32)15-18/h1-10,15-16H,11-14,17H2,(H2,34,35,38,40). The maximum atomic E-state index is 12.7. The number of piperazine rings is 1. The van der Waals surface area contributed by atoms with E-state index in [2.05, 4.69) is 26.5 Å². The minimum Gasteiger partial charge on any atom is -0.451 e. The van der Waals surface area contributed by atoms with Gasteiger partial charge in [0.25, 0.3) is 5.91 Å². The van der Waals surface area contributed by atoms with Crippen molar-refractivity contribution in [3.8, 4) is 11.3 Å². The number of rotatable bonds is 6. The number of amides is 1. The van der Waals surface area contributed by atoms with Crippen LogP contribution in [0.4, 0.5) is 11.4 Å². The molecule has 6 nitrogen and oxygen atoms in total. The fourth-order valence-corrected chi connectivity index (χ4v) is 5.45. The molecule has 3 aromatic carbocycles. The average Bonchev–Trinajstić information content (AvgIpc) is 3.43. The fourth-order valence-electron chi connectivity index (χ4n) is 4.45. The lowest BCUT2D eigenvalue weighted by Gasteiger charge is -2.36. The van der Waals surface area contributed by atoms with E-state index in [9.17, 15) is 4.79 Å². The Morgan fingerprint density at radius 3 is 2.33 bits per heavy atom. The van der Waals surface area contributed by atoms with Crippen LogP contribution in [0.1, 0.15) is 16.1 Å². The van der Waals surface area contributed by atoms with E-state index in [4.69, 9.17) is 63.0 Å². The molecule has 0 unspecified atom stereocenters.